The van der Waals surface area contributed by atoms with E-state index in [0.29, 0.717) is 12.6 Å². The van der Waals surface area contributed by atoms with Gasteiger partial charge in [0, 0.05) is 17.5 Å². The summed E-state index contributed by atoms with van der Waals surface area (Å²) in [5.74, 6) is -0.731. The lowest BCUT2D eigenvalue weighted by Crippen LogP contribution is -2.34. The van der Waals surface area contributed by atoms with Crippen LogP contribution in [0.3, 0.4) is 0 Å². The molecule has 0 aliphatic carbocycles. The molecule has 0 amide bonds. The van der Waals surface area contributed by atoms with Crippen molar-refractivity contribution in [1.29, 1.82) is 0 Å². The number of benzene rings is 1. The summed E-state index contributed by atoms with van der Waals surface area (Å²) in [6, 6.07) is 9.02. The molecule has 19 heavy (non-hydrogen) atoms. The van der Waals surface area contributed by atoms with Crippen molar-refractivity contribution in [3.05, 3.63) is 29.8 Å². The Hall–Kier alpha value is -1.00. The van der Waals surface area contributed by atoms with Gasteiger partial charge in [-0.1, -0.05) is 19.1 Å². The van der Waals surface area contributed by atoms with Gasteiger partial charge in [0.25, 0.3) is 0 Å². The second-order valence-electron chi connectivity index (χ2n) is 4.74. The fourth-order valence-corrected chi connectivity index (χ4v) is 2.51. The van der Waals surface area contributed by atoms with Crippen LogP contribution in [0.25, 0.3) is 0 Å². The van der Waals surface area contributed by atoms with Gasteiger partial charge in [0.1, 0.15) is 0 Å². The van der Waals surface area contributed by atoms with E-state index in [2.05, 4.69) is 42.3 Å². The highest BCUT2D eigenvalue weighted by atomic mass is 32.2. The average molecular weight is 281 g/mol. The van der Waals surface area contributed by atoms with Crippen LogP contribution in [0.2, 0.25) is 0 Å². The van der Waals surface area contributed by atoms with E-state index in [0.717, 1.165) is 12.8 Å². The highest BCUT2D eigenvalue weighted by Crippen LogP contribution is 2.17. The van der Waals surface area contributed by atoms with Crippen molar-refractivity contribution in [2.45, 2.75) is 37.1 Å². The fourth-order valence-electron chi connectivity index (χ4n) is 2.10. The Balaban J connectivity index is 2.56. The van der Waals surface area contributed by atoms with Crippen LogP contribution in [-0.2, 0) is 11.2 Å². The van der Waals surface area contributed by atoms with Crippen LogP contribution in [0.15, 0.2) is 29.2 Å². The molecule has 0 heterocycles. The standard InChI is InChI=1S/C15H23NO2S/c1-4-13(16(2)10-9-15(17)18)11-12-5-7-14(19-3)8-6-12/h5-8,13H,4,9-11H2,1-3H3,(H,17,18). The molecule has 0 aromatic heterocycles. The van der Waals surface area contributed by atoms with Gasteiger partial charge in [-0.05, 0) is 43.8 Å². The van der Waals surface area contributed by atoms with Gasteiger partial charge in [-0.15, -0.1) is 11.8 Å². The van der Waals surface area contributed by atoms with Crippen LogP contribution >= 0.6 is 11.8 Å². The van der Waals surface area contributed by atoms with Gasteiger partial charge in [0.15, 0.2) is 0 Å². The van der Waals surface area contributed by atoms with Crippen LogP contribution in [0.4, 0.5) is 0 Å². The van der Waals surface area contributed by atoms with E-state index in [4.69, 9.17) is 5.11 Å². The van der Waals surface area contributed by atoms with Crippen molar-refractivity contribution >= 4 is 17.7 Å². The maximum atomic E-state index is 10.6. The molecule has 1 rings (SSSR count). The minimum Gasteiger partial charge on any atom is -0.481 e. The maximum absolute atomic E-state index is 10.6. The third kappa shape index (κ3) is 5.66. The van der Waals surface area contributed by atoms with Gasteiger partial charge < -0.3 is 10.0 Å². The van der Waals surface area contributed by atoms with Gasteiger partial charge in [-0.2, -0.15) is 0 Å². The van der Waals surface area contributed by atoms with E-state index in [9.17, 15) is 4.79 Å². The van der Waals surface area contributed by atoms with Crippen LogP contribution in [0.5, 0.6) is 0 Å². The molecule has 0 fully saturated rings. The molecule has 0 saturated carbocycles. The number of rotatable bonds is 8. The van der Waals surface area contributed by atoms with Gasteiger partial charge in [-0.25, -0.2) is 0 Å². The number of carboxylic acid groups (broad SMARTS) is 1. The summed E-state index contributed by atoms with van der Waals surface area (Å²) < 4.78 is 0. The number of thioether (sulfide) groups is 1. The molecule has 106 valence electrons. The Morgan fingerprint density at radius 3 is 2.47 bits per heavy atom. The summed E-state index contributed by atoms with van der Waals surface area (Å²) in [5.41, 5.74) is 1.31. The van der Waals surface area contributed by atoms with Crippen molar-refractivity contribution in [2.75, 3.05) is 19.8 Å². The summed E-state index contributed by atoms with van der Waals surface area (Å²) in [7, 11) is 2.01. The fraction of sp³-hybridized carbons (Fsp3) is 0.533. The van der Waals surface area contributed by atoms with Crippen molar-refractivity contribution in [1.82, 2.24) is 4.90 Å². The summed E-state index contributed by atoms with van der Waals surface area (Å²) in [4.78, 5) is 14.0. The Morgan fingerprint density at radius 2 is 2.00 bits per heavy atom. The topological polar surface area (TPSA) is 40.5 Å². The molecular formula is C15H23NO2S. The van der Waals surface area contributed by atoms with Crippen molar-refractivity contribution in [3.63, 3.8) is 0 Å². The number of likely N-dealkylation sites (N-methyl/N-ethyl adjacent to an activating group) is 1. The smallest absolute Gasteiger partial charge is 0.304 e. The van der Waals surface area contributed by atoms with Gasteiger partial charge in [0.2, 0.25) is 0 Å². The van der Waals surface area contributed by atoms with E-state index in [1.54, 1.807) is 11.8 Å². The monoisotopic (exact) mass is 281 g/mol. The Bertz CT molecular complexity index is 392. The largest absolute Gasteiger partial charge is 0.481 e. The van der Waals surface area contributed by atoms with Crippen molar-refractivity contribution in [2.24, 2.45) is 0 Å². The molecule has 4 heteroatoms. The lowest BCUT2D eigenvalue weighted by Gasteiger charge is -2.26. The van der Waals surface area contributed by atoms with E-state index in [1.807, 2.05) is 7.05 Å². The first-order chi connectivity index (χ1) is 9.06. The molecule has 0 spiro atoms. The first-order valence-corrected chi connectivity index (χ1v) is 7.84. The molecular weight excluding hydrogens is 258 g/mol. The molecule has 1 aromatic carbocycles. The molecule has 1 atom stereocenters. The lowest BCUT2D eigenvalue weighted by atomic mass is 10.0. The zero-order valence-corrected chi connectivity index (χ0v) is 12.7. The van der Waals surface area contributed by atoms with Gasteiger partial charge in [-0.3, -0.25) is 4.79 Å². The Morgan fingerprint density at radius 1 is 1.37 bits per heavy atom. The minimum atomic E-state index is -0.731. The quantitative estimate of drug-likeness (QED) is 0.743. The number of aliphatic carboxylic acids is 1. The second-order valence-corrected chi connectivity index (χ2v) is 5.62. The number of carboxylic acids is 1. The first-order valence-electron chi connectivity index (χ1n) is 6.61. The number of hydrogen-bond acceptors (Lipinski definition) is 3. The van der Waals surface area contributed by atoms with Gasteiger partial charge >= 0.3 is 5.97 Å². The highest BCUT2D eigenvalue weighted by molar-refractivity contribution is 7.98. The molecule has 1 aromatic rings. The Labute approximate surface area is 120 Å². The third-order valence-electron chi connectivity index (χ3n) is 3.40. The number of nitrogens with zero attached hydrogens (tertiary/aromatic N) is 1. The third-order valence-corrected chi connectivity index (χ3v) is 4.15. The van der Waals surface area contributed by atoms with E-state index in [1.165, 1.54) is 10.5 Å². The summed E-state index contributed by atoms with van der Waals surface area (Å²) in [6.45, 7) is 2.76. The summed E-state index contributed by atoms with van der Waals surface area (Å²) in [6.07, 6.45) is 4.28. The molecule has 0 saturated heterocycles. The van der Waals surface area contributed by atoms with E-state index in [-0.39, 0.29) is 6.42 Å². The van der Waals surface area contributed by atoms with Crippen LogP contribution < -0.4 is 0 Å². The zero-order chi connectivity index (χ0) is 14.3. The normalized spacial score (nSPS) is 12.6. The number of hydrogen-bond donors (Lipinski definition) is 1. The highest BCUT2D eigenvalue weighted by Gasteiger charge is 2.14. The van der Waals surface area contributed by atoms with Crippen LogP contribution in [0.1, 0.15) is 25.3 Å². The summed E-state index contributed by atoms with van der Waals surface area (Å²) in [5, 5.41) is 8.74. The molecule has 1 unspecified atom stereocenters. The second kappa shape index (κ2) is 8.23. The first kappa shape index (κ1) is 16.1. The number of carbonyl (C=O) groups is 1. The lowest BCUT2D eigenvalue weighted by molar-refractivity contribution is -0.137. The van der Waals surface area contributed by atoms with Gasteiger partial charge in [0.05, 0.1) is 6.42 Å². The minimum absolute atomic E-state index is 0.207. The maximum Gasteiger partial charge on any atom is 0.304 e. The van der Waals surface area contributed by atoms with Crippen LogP contribution in [0, 0.1) is 0 Å². The summed E-state index contributed by atoms with van der Waals surface area (Å²) >= 11 is 1.74. The molecule has 0 aliphatic heterocycles. The molecule has 0 bridgehead atoms. The Kier molecular flexibility index (Phi) is 6.95. The zero-order valence-electron chi connectivity index (χ0n) is 11.9. The predicted molar refractivity (Wildman–Crippen MR) is 80.9 cm³/mol. The van der Waals surface area contributed by atoms with E-state index >= 15 is 0 Å². The SMILES string of the molecule is CCC(Cc1ccc(SC)cc1)N(C)CCC(=O)O. The molecule has 3 nitrogen and oxygen atoms in total. The van der Waals surface area contributed by atoms with Crippen molar-refractivity contribution < 1.29 is 9.90 Å². The van der Waals surface area contributed by atoms with Crippen molar-refractivity contribution in [3.8, 4) is 0 Å². The van der Waals surface area contributed by atoms with E-state index < -0.39 is 5.97 Å². The molecule has 1 N–H and O–H groups in total. The molecule has 0 aliphatic rings. The van der Waals surface area contributed by atoms with Crippen LogP contribution in [-0.4, -0.2) is 41.9 Å². The predicted octanol–water partition coefficient (Wildman–Crippen LogP) is 3.14. The molecule has 0 radical (unpaired) electrons. The average Bonchev–Trinajstić information content (AvgIpc) is 2.42.